The van der Waals surface area contributed by atoms with Gasteiger partial charge in [0.05, 0.1) is 6.10 Å². The van der Waals surface area contributed by atoms with E-state index < -0.39 is 0 Å². The fourth-order valence-corrected chi connectivity index (χ4v) is 4.07. The fraction of sp³-hybridized carbons (Fsp3) is 0.600. The van der Waals surface area contributed by atoms with Gasteiger partial charge in [0.25, 0.3) is 0 Å². The molecule has 0 fully saturated rings. The number of aromatic hydroxyl groups is 1. The van der Waals surface area contributed by atoms with E-state index in [1.165, 1.54) is 30.4 Å². The van der Waals surface area contributed by atoms with E-state index in [0.717, 1.165) is 30.6 Å². The maximum atomic E-state index is 10.6. The lowest BCUT2D eigenvalue weighted by Gasteiger charge is -2.41. The number of hydrogen-bond acceptors (Lipinski definition) is 2. The van der Waals surface area contributed by atoms with Crippen LogP contribution in [0.25, 0.3) is 0 Å². The largest absolute Gasteiger partial charge is 0.508 e. The summed E-state index contributed by atoms with van der Waals surface area (Å²) in [5, 5.41) is 10.6. The summed E-state index contributed by atoms with van der Waals surface area (Å²) in [5.74, 6) is 2.28. The number of phenols is 1. The topological polar surface area (TPSA) is 29.5 Å². The number of allylic oxidation sites excluding steroid dienone is 2. The summed E-state index contributed by atoms with van der Waals surface area (Å²) in [6, 6.07) is 4.14. The molecule has 120 valence electrons. The van der Waals surface area contributed by atoms with Crippen LogP contribution < -0.4 is 4.74 Å². The van der Waals surface area contributed by atoms with Crippen molar-refractivity contribution in [3.05, 3.63) is 34.9 Å². The normalized spacial score (nSPS) is 26.7. The van der Waals surface area contributed by atoms with Crippen LogP contribution in [0.1, 0.15) is 69.9 Å². The minimum absolute atomic E-state index is 0.229. The van der Waals surface area contributed by atoms with Crippen LogP contribution in [0.5, 0.6) is 11.5 Å². The van der Waals surface area contributed by atoms with Crippen LogP contribution in [-0.4, -0.2) is 11.2 Å². The molecule has 1 aromatic rings. The van der Waals surface area contributed by atoms with Crippen LogP contribution in [0.4, 0.5) is 0 Å². The second-order valence-corrected chi connectivity index (χ2v) is 7.07. The van der Waals surface area contributed by atoms with Crippen molar-refractivity contribution in [2.24, 2.45) is 5.92 Å². The van der Waals surface area contributed by atoms with E-state index in [4.69, 9.17) is 4.74 Å². The average molecular weight is 300 g/mol. The standard InChI is InChI=1S/C20H28O2/c1-4-5-6-7-15-11-18(21)20-17-10-13(2)8-9-16(17)14(3)22-19(20)12-15/h8,11-12,14,16-17,21H,4-7,9-10H2,1-3H3. The Balaban J connectivity index is 1.91. The van der Waals surface area contributed by atoms with Gasteiger partial charge in [0, 0.05) is 17.4 Å². The number of benzene rings is 1. The Morgan fingerprint density at radius 1 is 1.27 bits per heavy atom. The number of rotatable bonds is 4. The lowest BCUT2D eigenvalue weighted by molar-refractivity contribution is 0.102. The molecule has 0 saturated carbocycles. The summed E-state index contributed by atoms with van der Waals surface area (Å²) in [5.41, 5.74) is 3.70. The zero-order chi connectivity index (χ0) is 15.7. The average Bonchev–Trinajstić information content (AvgIpc) is 2.46. The number of unbranched alkanes of at least 4 members (excludes halogenated alkanes) is 2. The lowest BCUT2D eigenvalue weighted by atomic mass is 9.71. The molecule has 22 heavy (non-hydrogen) atoms. The number of fused-ring (bicyclic) bond motifs is 3. The third-order valence-electron chi connectivity index (χ3n) is 5.33. The summed E-state index contributed by atoms with van der Waals surface area (Å²) < 4.78 is 6.18. The molecule has 0 spiro atoms. The molecule has 1 aliphatic carbocycles. The highest BCUT2D eigenvalue weighted by Crippen LogP contribution is 2.50. The molecule has 1 N–H and O–H groups in total. The molecule has 2 nitrogen and oxygen atoms in total. The number of phenolic OH excluding ortho intramolecular Hbond substituents is 1. The van der Waals surface area contributed by atoms with E-state index in [0.29, 0.717) is 17.6 Å². The molecule has 0 radical (unpaired) electrons. The van der Waals surface area contributed by atoms with Crippen LogP contribution >= 0.6 is 0 Å². The highest BCUT2D eigenvalue weighted by Gasteiger charge is 2.39. The number of hydrogen-bond donors (Lipinski definition) is 1. The first-order valence-electron chi connectivity index (χ1n) is 8.78. The van der Waals surface area contributed by atoms with Crippen LogP contribution in [0.3, 0.4) is 0 Å². The predicted molar refractivity (Wildman–Crippen MR) is 90.6 cm³/mol. The van der Waals surface area contributed by atoms with Crippen LogP contribution in [0.2, 0.25) is 0 Å². The quantitative estimate of drug-likeness (QED) is 0.600. The van der Waals surface area contributed by atoms with Gasteiger partial charge in [0.15, 0.2) is 0 Å². The zero-order valence-electron chi connectivity index (χ0n) is 14.1. The Labute approximate surface area is 134 Å². The third kappa shape index (κ3) is 2.88. The van der Waals surface area contributed by atoms with E-state index >= 15 is 0 Å². The smallest absolute Gasteiger partial charge is 0.127 e. The molecular weight excluding hydrogens is 272 g/mol. The van der Waals surface area contributed by atoms with Gasteiger partial charge in [-0.1, -0.05) is 31.4 Å². The molecule has 0 aromatic heterocycles. The van der Waals surface area contributed by atoms with Crippen molar-refractivity contribution in [1.82, 2.24) is 0 Å². The fourth-order valence-electron chi connectivity index (χ4n) is 4.07. The number of ether oxygens (including phenoxy) is 1. The Bertz CT molecular complexity index is 573. The molecule has 3 unspecified atom stereocenters. The second-order valence-electron chi connectivity index (χ2n) is 7.07. The van der Waals surface area contributed by atoms with Crippen molar-refractivity contribution in [3.63, 3.8) is 0 Å². The Morgan fingerprint density at radius 3 is 2.86 bits per heavy atom. The summed E-state index contributed by atoms with van der Waals surface area (Å²) in [7, 11) is 0. The molecule has 1 aromatic carbocycles. The maximum Gasteiger partial charge on any atom is 0.127 e. The van der Waals surface area contributed by atoms with Crippen LogP contribution in [0, 0.1) is 5.92 Å². The summed E-state index contributed by atoms with van der Waals surface area (Å²) in [6.07, 6.45) is 9.35. The molecule has 0 saturated heterocycles. The summed E-state index contributed by atoms with van der Waals surface area (Å²) in [6.45, 7) is 6.59. The Kier molecular flexibility index (Phi) is 4.46. The zero-order valence-corrected chi connectivity index (χ0v) is 14.1. The van der Waals surface area contributed by atoms with Gasteiger partial charge >= 0.3 is 0 Å². The van der Waals surface area contributed by atoms with Crippen LogP contribution in [0.15, 0.2) is 23.8 Å². The Morgan fingerprint density at radius 2 is 2.09 bits per heavy atom. The van der Waals surface area contributed by atoms with Gasteiger partial charge in [-0.15, -0.1) is 0 Å². The molecule has 1 heterocycles. The maximum absolute atomic E-state index is 10.6. The van der Waals surface area contributed by atoms with Gasteiger partial charge in [0.2, 0.25) is 0 Å². The minimum Gasteiger partial charge on any atom is -0.508 e. The van der Waals surface area contributed by atoms with Gasteiger partial charge in [-0.3, -0.25) is 0 Å². The first-order valence-corrected chi connectivity index (χ1v) is 8.78. The highest BCUT2D eigenvalue weighted by atomic mass is 16.5. The van der Waals surface area contributed by atoms with E-state index in [1.807, 2.05) is 6.07 Å². The van der Waals surface area contributed by atoms with Crippen molar-refractivity contribution in [2.75, 3.05) is 0 Å². The SMILES string of the molecule is CCCCCc1cc(O)c2c(c1)OC(C)C1CC=C(C)CC21. The summed E-state index contributed by atoms with van der Waals surface area (Å²) in [4.78, 5) is 0. The predicted octanol–water partition coefficient (Wildman–Crippen LogP) is 5.35. The van der Waals surface area contributed by atoms with Crippen molar-refractivity contribution in [3.8, 4) is 11.5 Å². The molecule has 0 amide bonds. The molecule has 1 aliphatic heterocycles. The van der Waals surface area contributed by atoms with E-state index in [2.05, 4.69) is 32.9 Å². The first kappa shape index (κ1) is 15.5. The van der Waals surface area contributed by atoms with Gasteiger partial charge in [-0.2, -0.15) is 0 Å². The van der Waals surface area contributed by atoms with Gasteiger partial charge in [-0.05, 0) is 57.2 Å². The molecule has 0 bridgehead atoms. The van der Waals surface area contributed by atoms with Crippen molar-refractivity contribution in [1.29, 1.82) is 0 Å². The van der Waals surface area contributed by atoms with Gasteiger partial charge in [0.1, 0.15) is 11.5 Å². The van der Waals surface area contributed by atoms with Crippen molar-refractivity contribution < 1.29 is 9.84 Å². The first-order chi connectivity index (χ1) is 10.6. The minimum atomic E-state index is 0.229. The number of aryl methyl sites for hydroxylation is 1. The lowest BCUT2D eigenvalue weighted by Crippen LogP contribution is -2.35. The highest BCUT2D eigenvalue weighted by molar-refractivity contribution is 5.52. The van der Waals surface area contributed by atoms with Crippen molar-refractivity contribution in [2.45, 2.75) is 71.3 Å². The summed E-state index contributed by atoms with van der Waals surface area (Å²) >= 11 is 0. The molecule has 2 aliphatic rings. The van der Waals surface area contributed by atoms with E-state index in [9.17, 15) is 5.11 Å². The van der Waals surface area contributed by atoms with E-state index in [1.54, 1.807) is 0 Å². The van der Waals surface area contributed by atoms with Crippen LogP contribution in [-0.2, 0) is 6.42 Å². The third-order valence-corrected chi connectivity index (χ3v) is 5.33. The van der Waals surface area contributed by atoms with Gasteiger partial charge in [-0.25, -0.2) is 0 Å². The Hall–Kier alpha value is -1.44. The molecule has 3 rings (SSSR count). The van der Waals surface area contributed by atoms with Gasteiger partial charge < -0.3 is 9.84 Å². The van der Waals surface area contributed by atoms with E-state index in [-0.39, 0.29) is 6.10 Å². The van der Waals surface area contributed by atoms with Crippen molar-refractivity contribution >= 4 is 0 Å². The molecular formula is C20H28O2. The molecule has 2 heteroatoms. The second kappa shape index (κ2) is 6.36. The molecule has 3 atom stereocenters. The monoisotopic (exact) mass is 300 g/mol.